The Morgan fingerprint density at radius 2 is 2.00 bits per heavy atom. The maximum absolute atomic E-state index is 12.7. The Hall–Kier alpha value is -3.85. The van der Waals surface area contributed by atoms with Crippen LogP contribution in [0.5, 0.6) is 5.75 Å². The number of ether oxygens (including phenoxy) is 1. The lowest BCUT2D eigenvalue weighted by molar-refractivity contribution is -0.124. The van der Waals surface area contributed by atoms with E-state index in [9.17, 15) is 19.5 Å². The van der Waals surface area contributed by atoms with Crippen LogP contribution in [0.15, 0.2) is 54.9 Å². The summed E-state index contributed by atoms with van der Waals surface area (Å²) in [5, 5.41) is 17.0. The van der Waals surface area contributed by atoms with Gasteiger partial charge in [-0.3, -0.25) is 19.5 Å². The topological polar surface area (TPSA) is 121 Å². The number of fused-ring (bicyclic) bond motifs is 1. The zero-order chi connectivity index (χ0) is 24.2. The van der Waals surface area contributed by atoms with Gasteiger partial charge in [0.05, 0.1) is 24.8 Å². The summed E-state index contributed by atoms with van der Waals surface area (Å²) >= 11 is 6.25. The van der Waals surface area contributed by atoms with Crippen LogP contribution in [0.3, 0.4) is 0 Å². The van der Waals surface area contributed by atoms with Gasteiger partial charge in [0.2, 0.25) is 11.8 Å². The Morgan fingerprint density at radius 3 is 2.76 bits per heavy atom. The van der Waals surface area contributed by atoms with Crippen molar-refractivity contribution < 1.29 is 24.2 Å². The molecular formula is C24H23ClN4O5. The van der Waals surface area contributed by atoms with Gasteiger partial charge >= 0.3 is 6.09 Å². The number of halogens is 1. The largest absolute Gasteiger partial charge is 0.488 e. The number of hydrogen-bond donors (Lipinski definition) is 3. The van der Waals surface area contributed by atoms with Crippen molar-refractivity contribution in [1.29, 1.82) is 0 Å². The Morgan fingerprint density at radius 1 is 1.21 bits per heavy atom. The van der Waals surface area contributed by atoms with Gasteiger partial charge in [-0.05, 0) is 23.8 Å². The van der Waals surface area contributed by atoms with Gasteiger partial charge in [0.15, 0.2) is 0 Å². The average molecular weight is 483 g/mol. The van der Waals surface area contributed by atoms with Crippen LogP contribution in [0.4, 0.5) is 10.5 Å². The summed E-state index contributed by atoms with van der Waals surface area (Å²) in [5.41, 5.74) is 1.24. The number of nitrogens with zero attached hydrogens (tertiary/aromatic N) is 2. The highest BCUT2D eigenvalue weighted by molar-refractivity contribution is 6.30. The van der Waals surface area contributed by atoms with E-state index in [1.807, 2.05) is 24.3 Å². The van der Waals surface area contributed by atoms with E-state index < -0.39 is 18.2 Å². The van der Waals surface area contributed by atoms with Gasteiger partial charge in [0.1, 0.15) is 17.9 Å². The molecule has 2 heterocycles. The molecule has 4 rings (SSSR count). The number of hydrogen-bond acceptors (Lipinski definition) is 5. The summed E-state index contributed by atoms with van der Waals surface area (Å²) in [7, 11) is 1.46. The molecule has 0 aliphatic carbocycles. The van der Waals surface area contributed by atoms with E-state index in [-0.39, 0.29) is 31.2 Å². The van der Waals surface area contributed by atoms with Gasteiger partial charge < -0.3 is 20.5 Å². The van der Waals surface area contributed by atoms with Crippen molar-refractivity contribution in [3.05, 3.63) is 65.4 Å². The van der Waals surface area contributed by atoms with Crippen LogP contribution in [0.1, 0.15) is 12.0 Å². The van der Waals surface area contributed by atoms with Crippen molar-refractivity contribution in [3.8, 4) is 5.75 Å². The predicted molar refractivity (Wildman–Crippen MR) is 127 cm³/mol. The molecule has 0 bridgehead atoms. The summed E-state index contributed by atoms with van der Waals surface area (Å²) in [6.45, 7) is 0.0455. The van der Waals surface area contributed by atoms with E-state index in [0.29, 0.717) is 22.0 Å². The van der Waals surface area contributed by atoms with E-state index >= 15 is 0 Å². The minimum Gasteiger partial charge on any atom is -0.488 e. The molecule has 3 N–H and O–H groups in total. The smallest absolute Gasteiger partial charge is 0.408 e. The number of carbonyl (C=O) groups is 3. The molecule has 10 heteroatoms. The maximum atomic E-state index is 12.7. The lowest BCUT2D eigenvalue weighted by Crippen LogP contribution is -2.44. The number of amides is 3. The summed E-state index contributed by atoms with van der Waals surface area (Å²) in [5.74, 6) is -0.237. The second-order valence-electron chi connectivity index (χ2n) is 7.97. The van der Waals surface area contributed by atoms with E-state index in [4.69, 9.17) is 16.3 Å². The fourth-order valence-corrected chi connectivity index (χ4v) is 4.34. The minimum absolute atomic E-state index is 0.0455. The molecule has 0 spiro atoms. The molecule has 1 aliphatic rings. The molecule has 3 aromatic rings. The first kappa shape index (κ1) is 23.3. The number of likely N-dealkylation sites (N-methyl/N-ethyl adjacent to an activating group) is 1. The van der Waals surface area contributed by atoms with Crippen molar-refractivity contribution in [2.24, 2.45) is 0 Å². The molecule has 2 aromatic carbocycles. The Bertz CT molecular complexity index is 1250. The van der Waals surface area contributed by atoms with Crippen LogP contribution in [0.25, 0.3) is 10.8 Å². The lowest BCUT2D eigenvalue weighted by atomic mass is 10.1. The number of nitrogens with one attached hydrogen (secondary N) is 2. The third-order valence-electron chi connectivity index (χ3n) is 5.60. The number of pyridine rings is 1. The first-order valence-electron chi connectivity index (χ1n) is 10.6. The molecule has 0 saturated carbocycles. The molecule has 0 radical (unpaired) electrons. The van der Waals surface area contributed by atoms with E-state index in [0.717, 1.165) is 15.7 Å². The quantitative estimate of drug-likeness (QED) is 0.495. The molecule has 1 fully saturated rings. The second kappa shape index (κ2) is 9.96. The second-order valence-corrected chi connectivity index (χ2v) is 8.41. The van der Waals surface area contributed by atoms with Gasteiger partial charge in [-0.25, -0.2) is 4.79 Å². The van der Waals surface area contributed by atoms with Crippen LogP contribution in [0, 0.1) is 0 Å². The molecule has 1 aliphatic heterocycles. The van der Waals surface area contributed by atoms with E-state index in [1.54, 1.807) is 30.6 Å². The number of aromatic nitrogens is 1. The van der Waals surface area contributed by atoms with Crippen LogP contribution < -0.4 is 15.4 Å². The Balaban J connectivity index is 1.45. The first-order valence-corrected chi connectivity index (χ1v) is 11.0. The molecular weight excluding hydrogens is 460 g/mol. The molecule has 2 atom stereocenters. The molecule has 176 valence electrons. The zero-order valence-electron chi connectivity index (χ0n) is 18.3. The van der Waals surface area contributed by atoms with Crippen molar-refractivity contribution >= 4 is 46.0 Å². The van der Waals surface area contributed by atoms with Crippen molar-refractivity contribution in [2.45, 2.75) is 25.0 Å². The third kappa shape index (κ3) is 5.20. The fraction of sp³-hybridized carbons (Fsp3) is 0.250. The highest BCUT2D eigenvalue weighted by Gasteiger charge is 2.40. The van der Waals surface area contributed by atoms with Gasteiger partial charge in [0, 0.05) is 35.5 Å². The summed E-state index contributed by atoms with van der Waals surface area (Å²) in [6, 6.07) is 11.7. The van der Waals surface area contributed by atoms with Gasteiger partial charge in [-0.1, -0.05) is 35.9 Å². The molecule has 9 nitrogen and oxygen atoms in total. The molecule has 1 aromatic heterocycles. The number of likely N-dealkylation sites (tertiary alicyclic amines) is 1. The highest BCUT2D eigenvalue weighted by atomic mass is 35.5. The summed E-state index contributed by atoms with van der Waals surface area (Å²) < 4.78 is 5.95. The standard InChI is InChI=1S/C24H23ClN4O5/c1-26-23(31)21-10-18(13-29(21)24(32)33)34-17-7-14(6-16(25)9-17)8-22(30)28-20-12-27-11-15-4-2-3-5-19(15)20/h2-7,9,11-12,18,21H,8,10,13H2,1H3,(H,26,31)(H,28,30)(H,32,33)/t18-,21+/m0/s1. The minimum atomic E-state index is -1.19. The Kier molecular flexibility index (Phi) is 6.83. The van der Waals surface area contributed by atoms with Crippen molar-refractivity contribution in [3.63, 3.8) is 0 Å². The maximum Gasteiger partial charge on any atom is 0.408 e. The average Bonchev–Trinajstić information content (AvgIpc) is 3.22. The first-order chi connectivity index (χ1) is 16.3. The Labute approximate surface area is 200 Å². The van der Waals surface area contributed by atoms with Crippen LogP contribution in [-0.4, -0.2) is 58.6 Å². The normalized spacial score (nSPS) is 17.4. The van der Waals surface area contributed by atoms with Gasteiger partial charge in [0.25, 0.3) is 0 Å². The van der Waals surface area contributed by atoms with Crippen LogP contribution in [-0.2, 0) is 16.0 Å². The van der Waals surface area contributed by atoms with Gasteiger partial charge in [-0.15, -0.1) is 0 Å². The lowest BCUT2D eigenvalue weighted by Gasteiger charge is -2.18. The van der Waals surface area contributed by atoms with E-state index in [1.165, 1.54) is 7.05 Å². The number of anilines is 1. The number of carbonyl (C=O) groups excluding carboxylic acids is 2. The predicted octanol–water partition coefficient (Wildman–Crippen LogP) is 3.32. The molecule has 34 heavy (non-hydrogen) atoms. The SMILES string of the molecule is CNC(=O)[C@H]1C[C@H](Oc2cc(Cl)cc(CC(=O)Nc3cncc4ccccc34)c2)CN1C(=O)O. The van der Waals surface area contributed by atoms with Crippen molar-refractivity contribution in [1.82, 2.24) is 15.2 Å². The summed E-state index contributed by atoms with van der Waals surface area (Å²) in [6.07, 6.45) is 1.87. The zero-order valence-corrected chi connectivity index (χ0v) is 19.1. The monoisotopic (exact) mass is 482 g/mol. The molecule has 0 unspecified atom stereocenters. The van der Waals surface area contributed by atoms with Crippen molar-refractivity contribution in [2.75, 3.05) is 18.9 Å². The van der Waals surface area contributed by atoms with E-state index in [2.05, 4.69) is 15.6 Å². The summed E-state index contributed by atoms with van der Waals surface area (Å²) in [4.78, 5) is 41.5. The highest BCUT2D eigenvalue weighted by Crippen LogP contribution is 2.28. The van der Waals surface area contributed by atoms with Crippen LogP contribution >= 0.6 is 11.6 Å². The number of rotatable bonds is 6. The molecule has 3 amide bonds. The number of benzene rings is 2. The molecule has 1 saturated heterocycles. The third-order valence-corrected chi connectivity index (χ3v) is 5.82. The number of carboxylic acid groups (broad SMARTS) is 1. The van der Waals surface area contributed by atoms with Crippen LogP contribution in [0.2, 0.25) is 5.02 Å². The van der Waals surface area contributed by atoms with Gasteiger partial charge in [-0.2, -0.15) is 0 Å². The fourth-order valence-electron chi connectivity index (χ4n) is 4.09.